The van der Waals surface area contributed by atoms with Crippen LogP contribution in [0.5, 0.6) is 0 Å². The van der Waals surface area contributed by atoms with Gasteiger partial charge in [-0.2, -0.15) is 0 Å². The Kier molecular flexibility index (Phi) is 1.60. The molecule has 1 heterocycles. The molecule has 0 saturated carbocycles. The van der Waals surface area contributed by atoms with Gasteiger partial charge in [-0.1, -0.05) is 6.07 Å². The number of carbonyl (C=O) groups is 3. The van der Waals surface area contributed by atoms with E-state index in [1.54, 1.807) is 0 Å². The van der Waals surface area contributed by atoms with Crippen molar-refractivity contribution in [3.63, 3.8) is 0 Å². The summed E-state index contributed by atoms with van der Waals surface area (Å²) in [4.78, 5) is 32.6. The number of fused-ring (bicyclic) bond motifs is 1. The van der Waals surface area contributed by atoms with Gasteiger partial charge in [-0.25, -0.2) is 0 Å². The largest absolute Gasteiger partial charge is 0.545 e. The van der Waals surface area contributed by atoms with Crippen LogP contribution in [-0.4, -0.2) is 17.8 Å². The lowest BCUT2D eigenvalue weighted by Gasteiger charge is -2.02. The van der Waals surface area contributed by atoms with Crippen LogP contribution >= 0.6 is 0 Å². The van der Waals surface area contributed by atoms with Crippen molar-refractivity contribution in [1.29, 1.82) is 0 Å². The number of carbonyl (C=O) groups excluding carboxylic acids is 3. The summed E-state index contributed by atoms with van der Waals surface area (Å²) >= 11 is 0. The van der Waals surface area contributed by atoms with Crippen molar-refractivity contribution in [2.45, 2.75) is 0 Å². The first kappa shape index (κ1) is 8.43. The van der Waals surface area contributed by atoms with Crippen LogP contribution in [0.2, 0.25) is 0 Å². The lowest BCUT2D eigenvalue weighted by molar-refractivity contribution is -0.255. The van der Waals surface area contributed by atoms with Gasteiger partial charge in [-0.05, 0) is 17.7 Å². The van der Waals surface area contributed by atoms with Gasteiger partial charge in [0.15, 0.2) is 0 Å². The Morgan fingerprint density at radius 1 is 1.14 bits per heavy atom. The van der Waals surface area contributed by atoms with Gasteiger partial charge in [0.2, 0.25) is 0 Å². The number of nitrogens with one attached hydrogen (secondary N) is 1. The van der Waals surface area contributed by atoms with Crippen molar-refractivity contribution < 1.29 is 19.5 Å². The first-order valence-electron chi connectivity index (χ1n) is 3.80. The lowest BCUT2D eigenvalue weighted by atomic mass is 10.1. The summed E-state index contributed by atoms with van der Waals surface area (Å²) in [5.74, 6) is -2.46. The fourth-order valence-electron chi connectivity index (χ4n) is 1.29. The molecule has 0 aliphatic carbocycles. The van der Waals surface area contributed by atoms with E-state index in [9.17, 15) is 19.5 Å². The molecule has 14 heavy (non-hydrogen) atoms. The van der Waals surface area contributed by atoms with E-state index in [1.165, 1.54) is 12.1 Å². The summed E-state index contributed by atoms with van der Waals surface area (Å²) in [5, 5.41) is 12.5. The summed E-state index contributed by atoms with van der Waals surface area (Å²) in [6.07, 6.45) is 0. The Bertz CT molecular complexity index is 464. The predicted octanol–water partition coefficient (Wildman–Crippen LogP) is -1.07. The molecule has 1 aliphatic rings. The van der Waals surface area contributed by atoms with Crippen LogP contribution in [0, 0.1) is 0 Å². The summed E-state index contributed by atoms with van der Waals surface area (Å²) in [6.45, 7) is 0. The molecule has 1 N–H and O–H groups in total. The van der Waals surface area contributed by atoms with Crippen molar-refractivity contribution in [3.05, 3.63) is 34.9 Å². The molecule has 2 rings (SSSR count). The number of rotatable bonds is 1. The van der Waals surface area contributed by atoms with E-state index in [-0.39, 0.29) is 16.7 Å². The smallest absolute Gasteiger partial charge is 0.258 e. The van der Waals surface area contributed by atoms with Crippen molar-refractivity contribution in [3.8, 4) is 0 Å². The molecule has 70 valence electrons. The quantitative estimate of drug-likeness (QED) is 0.571. The molecule has 0 saturated heterocycles. The zero-order valence-electron chi connectivity index (χ0n) is 6.87. The van der Waals surface area contributed by atoms with Gasteiger partial charge in [0.25, 0.3) is 11.8 Å². The van der Waals surface area contributed by atoms with Crippen molar-refractivity contribution in [1.82, 2.24) is 5.32 Å². The fourth-order valence-corrected chi connectivity index (χ4v) is 1.29. The van der Waals surface area contributed by atoms with Crippen LogP contribution in [0.15, 0.2) is 18.2 Å². The fraction of sp³-hybridized carbons (Fsp3) is 0. The molecular formula is C9H4NO4-. The minimum Gasteiger partial charge on any atom is -0.545 e. The highest BCUT2D eigenvalue weighted by atomic mass is 16.4. The highest BCUT2D eigenvalue weighted by molar-refractivity contribution is 6.21. The average Bonchev–Trinajstić information content (AvgIpc) is 2.42. The van der Waals surface area contributed by atoms with Crippen LogP contribution in [0.3, 0.4) is 0 Å². The highest BCUT2D eigenvalue weighted by Gasteiger charge is 2.26. The Labute approximate surface area is 78.3 Å². The molecule has 0 aromatic heterocycles. The van der Waals surface area contributed by atoms with Crippen LogP contribution in [0.25, 0.3) is 0 Å². The molecular weight excluding hydrogens is 186 g/mol. The summed E-state index contributed by atoms with van der Waals surface area (Å²) in [6, 6.07) is 3.65. The van der Waals surface area contributed by atoms with Crippen LogP contribution < -0.4 is 10.4 Å². The number of benzene rings is 1. The summed E-state index contributed by atoms with van der Waals surface area (Å²) in [7, 11) is 0. The molecule has 1 aromatic carbocycles. The zero-order chi connectivity index (χ0) is 10.3. The van der Waals surface area contributed by atoms with Gasteiger partial charge in [0.05, 0.1) is 17.1 Å². The van der Waals surface area contributed by atoms with Crippen LogP contribution in [0.1, 0.15) is 31.1 Å². The first-order valence-corrected chi connectivity index (χ1v) is 3.80. The molecule has 0 bridgehead atoms. The van der Waals surface area contributed by atoms with Crippen molar-refractivity contribution in [2.75, 3.05) is 0 Å². The third-order valence-electron chi connectivity index (χ3n) is 1.97. The number of imide groups is 1. The second-order valence-corrected chi connectivity index (χ2v) is 2.83. The minimum atomic E-state index is -1.38. The number of hydrogen-bond donors (Lipinski definition) is 1. The monoisotopic (exact) mass is 190 g/mol. The molecule has 0 spiro atoms. The van der Waals surface area contributed by atoms with E-state index in [0.717, 1.165) is 6.07 Å². The molecule has 1 aliphatic heterocycles. The zero-order valence-corrected chi connectivity index (χ0v) is 6.87. The maximum atomic E-state index is 11.1. The van der Waals surface area contributed by atoms with E-state index in [1.807, 2.05) is 0 Å². The van der Waals surface area contributed by atoms with Crippen LogP contribution in [0.4, 0.5) is 0 Å². The molecule has 5 nitrogen and oxygen atoms in total. The van der Waals surface area contributed by atoms with E-state index in [4.69, 9.17) is 0 Å². The third-order valence-corrected chi connectivity index (χ3v) is 1.97. The standard InChI is InChI=1S/C9H5NO4/c11-7-5-2-1-4(9(13)14)3-6(5)8(12)10-7/h1-3H,(H,13,14)(H,10,11,12)/p-1. The average molecular weight is 190 g/mol. The van der Waals surface area contributed by atoms with Gasteiger partial charge < -0.3 is 9.90 Å². The van der Waals surface area contributed by atoms with E-state index in [2.05, 4.69) is 5.32 Å². The first-order chi connectivity index (χ1) is 6.59. The number of aromatic carboxylic acids is 1. The highest BCUT2D eigenvalue weighted by Crippen LogP contribution is 2.16. The van der Waals surface area contributed by atoms with Gasteiger partial charge in [-0.3, -0.25) is 14.9 Å². The van der Waals surface area contributed by atoms with E-state index in [0.29, 0.717) is 0 Å². The SMILES string of the molecule is O=C([O-])c1ccc2c(c1)C(=O)NC2=O. The molecule has 2 amide bonds. The van der Waals surface area contributed by atoms with Gasteiger partial charge in [0, 0.05) is 0 Å². The molecule has 1 aromatic rings. The normalized spacial score (nSPS) is 13.7. The molecule has 0 unspecified atom stereocenters. The molecule has 5 heteroatoms. The maximum Gasteiger partial charge on any atom is 0.258 e. The Balaban J connectivity index is 2.61. The second kappa shape index (κ2) is 2.66. The predicted molar refractivity (Wildman–Crippen MR) is 42.6 cm³/mol. The summed E-state index contributed by atoms with van der Waals surface area (Å²) in [5.41, 5.74) is 0.158. The number of amides is 2. The molecule has 0 atom stereocenters. The number of hydrogen-bond acceptors (Lipinski definition) is 4. The number of carboxylic acid groups (broad SMARTS) is 1. The Morgan fingerprint density at radius 3 is 2.43 bits per heavy atom. The topological polar surface area (TPSA) is 86.3 Å². The third kappa shape index (κ3) is 1.06. The summed E-state index contributed by atoms with van der Waals surface area (Å²) < 4.78 is 0. The second-order valence-electron chi connectivity index (χ2n) is 2.83. The van der Waals surface area contributed by atoms with Gasteiger partial charge in [0.1, 0.15) is 0 Å². The van der Waals surface area contributed by atoms with Gasteiger partial charge in [-0.15, -0.1) is 0 Å². The Morgan fingerprint density at radius 2 is 1.79 bits per heavy atom. The lowest BCUT2D eigenvalue weighted by Crippen LogP contribution is -2.22. The van der Waals surface area contributed by atoms with E-state index < -0.39 is 17.8 Å². The number of carboxylic acids is 1. The maximum absolute atomic E-state index is 11.1. The van der Waals surface area contributed by atoms with Crippen LogP contribution in [-0.2, 0) is 0 Å². The van der Waals surface area contributed by atoms with Crippen molar-refractivity contribution in [2.24, 2.45) is 0 Å². The van der Waals surface area contributed by atoms with Crippen molar-refractivity contribution >= 4 is 17.8 Å². The minimum absolute atomic E-state index is 0.0803. The molecule has 0 fully saturated rings. The Hall–Kier alpha value is -2.17. The molecule has 0 radical (unpaired) electrons. The van der Waals surface area contributed by atoms with E-state index >= 15 is 0 Å². The van der Waals surface area contributed by atoms with Gasteiger partial charge >= 0.3 is 0 Å².